The summed E-state index contributed by atoms with van der Waals surface area (Å²) < 4.78 is 41.0. The number of halogens is 3. The van der Waals surface area contributed by atoms with Crippen LogP contribution in [0.25, 0.3) is 0 Å². The highest BCUT2D eigenvalue weighted by atomic mass is 19.4. The van der Waals surface area contributed by atoms with Gasteiger partial charge in [-0.1, -0.05) is 25.1 Å². The molecule has 0 aliphatic rings. The minimum absolute atomic E-state index is 0.0318. The number of carbonyl (C=O) groups is 2. The third-order valence-corrected chi connectivity index (χ3v) is 3.23. The van der Waals surface area contributed by atoms with Crippen molar-refractivity contribution >= 4 is 11.8 Å². The normalized spacial score (nSPS) is 11.3. The quantitative estimate of drug-likeness (QED) is 0.702. The lowest BCUT2D eigenvalue weighted by Gasteiger charge is -2.19. The fourth-order valence-electron chi connectivity index (χ4n) is 2.06. The lowest BCUT2D eigenvalue weighted by molar-refractivity contribution is -0.274. The van der Waals surface area contributed by atoms with Crippen LogP contribution in [-0.2, 0) is 16.1 Å². The summed E-state index contributed by atoms with van der Waals surface area (Å²) in [7, 11) is 0. The van der Waals surface area contributed by atoms with E-state index >= 15 is 0 Å². The molecule has 1 aromatic rings. The summed E-state index contributed by atoms with van der Waals surface area (Å²) in [6.45, 7) is 4.52. The monoisotopic (exact) mass is 361 g/mol. The van der Waals surface area contributed by atoms with Gasteiger partial charge in [-0.3, -0.25) is 14.5 Å². The van der Waals surface area contributed by atoms with Crippen molar-refractivity contribution in [2.24, 2.45) is 0 Å². The van der Waals surface area contributed by atoms with Gasteiger partial charge in [0.1, 0.15) is 5.75 Å². The number of carbonyl (C=O) groups excluding carboxylic acids is 2. The number of alkyl halides is 3. The fourth-order valence-corrected chi connectivity index (χ4v) is 2.06. The first-order chi connectivity index (χ1) is 11.7. The third-order valence-electron chi connectivity index (χ3n) is 3.23. The molecule has 140 valence electrons. The molecule has 1 aromatic carbocycles. The van der Waals surface area contributed by atoms with E-state index in [0.29, 0.717) is 13.1 Å². The first-order valence-electron chi connectivity index (χ1n) is 7.84. The Kier molecular flexibility index (Phi) is 8.20. The SMILES string of the molecule is CCNC(=O)CN(CC)CC(=O)NCc1ccccc1OC(F)(F)F. The molecule has 0 atom stereocenters. The first-order valence-corrected chi connectivity index (χ1v) is 7.84. The average molecular weight is 361 g/mol. The highest BCUT2D eigenvalue weighted by molar-refractivity contribution is 5.81. The van der Waals surface area contributed by atoms with Gasteiger partial charge in [0.05, 0.1) is 13.1 Å². The summed E-state index contributed by atoms with van der Waals surface area (Å²) in [5.74, 6) is -0.945. The fraction of sp³-hybridized carbons (Fsp3) is 0.500. The third kappa shape index (κ3) is 8.39. The second kappa shape index (κ2) is 9.87. The van der Waals surface area contributed by atoms with Crippen LogP contribution in [0.1, 0.15) is 19.4 Å². The van der Waals surface area contributed by atoms with Crippen molar-refractivity contribution in [1.82, 2.24) is 15.5 Å². The number of rotatable bonds is 9. The molecule has 0 unspecified atom stereocenters. The van der Waals surface area contributed by atoms with Gasteiger partial charge in [0.25, 0.3) is 0 Å². The lowest BCUT2D eigenvalue weighted by Crippen LogP contribution is -2.42. The summed E-state index contributed by atoms with van der Waals surface area (Å²) in [4.78, 5) is 25.1. The minimum atomic E-state index is -4.80. The molecule has 9 heteroatoms. The Labute approximate surface area is 144 Å². The van der Waals surface area contributed by atoms with Crippen LogP contribution in [0.15, 0.2) is 24.3 Å². The van der Waals surface area contributed by atoms with Gasteiger partial charge in [-0.15, -0.1) is 13.2 Å². The van der Waals surface area contributed by atoms with Crippen molar-refractivity contribution in [2.75, 3.05) is 26.2 Å². The number of nitrogens with zero attached hydrogens (tertiary/aromatic N) is 1. The van der Waals surface area contributed by atoms with E-state index < -0.39 is 12.3 Å². The van der Waals surface area contributed by atoms with E-state index in [2.05, 4.69) is 15.4 Å². The molecule has 0 aliphatic carbocycles. The summed E-state index contributed by atoms with van der Waals surface area (Å²) in [5.41, 5.74) is 0.208. The maximum atomic E-state index is 12.4. The number of para-hydroxylation sites is 1. The van der Waals surface area contributed by atoms with Gasteiger partial charge in [-0.05, 0) is 19.5 Å². The zero-order valence-corrected chi connectivity index (χ0v) is 14.2. The van der Waals surface area contributed by atoms with Crippen LogP contribution in [0.5, 0.6) is 5.75 Å². The van der Waals surface area contributed by atoms with Crippen molar-refractivity contribution in [3.05, 3.63) is 29.8 Å². The van der Waals surface area contributed by atoms with Crippen LogP contribution in [-0.4, -0.2) is 49.3 Å². The van der Waals surface area contributed by atoms with Crippen LogP contribution in [0.2, 0.25) is 0 Å². The molecule has 25 heavy (non-hydrogen) atoms. The Morgan fingerprint density at radius 3 is 2.24 bits per heavy atom. The molecule has 0 heterocycles. The molecule has 0 saturated heterocycles. The van der Waals surface area contributed by atoms with Crippen molar-refractivity contribution in [3.63, 3.8) is 0 Å². The molecular formula is C16H22F3N3O3. The number of amides is 2. The Morgan fingerprint density at radius 1 is 1.08 bits per heavy atom. The highest BCUT2D eigenvalue weighted by Gasteiger charge is 2.32. The Hall–Kier alpha value is -2.29. The summed E-state index contributed by atoms with van der Waals surface area (Å²) in [6, 6.07) is 5.59. The standard InChI is InChI=1S/C16H22F3N3O3/c1-3-20-14(23)10-22(4-2)11-15(24)21-9-12-7-5-6-8-13(12)25-16(17,18)19/h5-8H,3-4,9-11H2,1-2H3,(H,20,23)(H,21,24). The lowest BCUT2D eigenvalue weighted by atomic mass is 10.2. The number of nitrogens with one attached hydrogen (secondary N) is 2. The molecule has 1 rings (SSSR count). The topological polar surface area (TPSA) is 70.7 Å². The van der Waals surface area contributed by atoms with E-state index in [1.807, 2.05) is 0 Å². The number of benzene rings is 1. The van der Waals surface area contributed by atoms with E-state index in [1.54, 1.807) is 24.8 Å². The average Bonchev–Trinajstić information content (AvgIpc) is 2.52. The number of ether oxygens (including phenoxy) is 1. The summed E-state index contributed by atoms with van der Waals surface area (Å²) >= 11 is 0. The zero-order valence-electron chi connectivity index (χ0n) is 14.2. The molecule has 0 saturated carbocycles. The number of hydrogen-bond donors (Lipinski definition) is 2. The molecule has 2 N–H and O–H groups in total. The van der Waals surface area contributed by atoms with E-state index in [4.69, 9.17) is 0 Å². The molecule has 6 nitrogen and oxygen atoms in total. The highest BCUT2D eigenvalue weighted by Crippen LogP contribution is 2.25. The maximum Gasteiger partial charge on any atom is 0.573 e. The molecule has 0 bridgehead atoms. The van der Waals surface area contributed by atoms with Crippen LogP contribution in [0.3, 0.4) is 0 Å². The van der Waals surface area contributed by atoms with E-state index in [0.717, 1.165) is 0 Å². The predicted molar refractivity (Wildman–Crippen MR) is 85.8 cm³/mol. The van der Waals surface area contributed by atoms with Crippen molar-refractivity contribution < 1.29 is 27.5 Å². The molecule has 0 aliphatic heterocycles. The molecule has 0 radical (unpaired) electrons. The Morgan fingerprint density at radius 2 is 1.68 bits per heavy atom. The minimum Gasteiger partial charge on any atom is -0.405 e. The molecule has 0 fully saturated rings. The van der Waals surface area contributed by atoms with Gasteiger partial charge in [-0.25, -0.2) is 0 Å². The van der Waals surface area contributed by atoms with Crippen LogP contribution in [0, 0.1) is 0 Å². The van der Waals surface area contributed by atoms with Gasteiger partial charge < -0.3 is 15.4 Å². The van der Waals surface area contributed by atoms with Crippen molar-refractivity contribution in [2.45, 2.75) is 26.8 Å². The Balaban J connectivity index is 2.57. The second-order valence-corrected chi connectivity index (χ2v) is 5.19. The van der Waals surface area contributed by atoms with Gasteiger partial charge >= 0.3 is 6.36 Å². The van der Waals surface area contributed by atoms with Gasteiger partial charge in [0.15, 0.2) is 0 Å². The van der Waals surface area contributed by atoms with E-state index in [1.165, 1.54) is 18.2 Å². The first kappa shape index (κ1) is 20.8. The second-order valence-electron chi connectivity index (χ2n) is 5.19. The Bertz CT molecular complexity index is 579. The van der Waals surface area contributed by atoms with Crippen molar-refractivity contribution in [3.8, 4) is 5.75 Å². The number of hydrogen-bond acceptors (Lipinski definition) is 4. The molecule has 2 amide bonds. The van der Waals surface area contributed by atoms with E-state index in [-0.39, 0.29) is 36.9 Å². The molecule has 0 aromatic heterocycles. The van der Waals surface area contributed by atoms with Gasteiger partial charge in [0.2, 0.25) is 11.8 Å². The molecule has 0 spiro atoms. The van der Waals surface area contributed by atoms with Crippen molar-refractivity contribution in [1.29, 1.82) is 0 Å². The summed E-state index contributed by atoms with van der Waals surface area (Å²) in [5, 5.41) is 5.17. The van der Waals surface area contributed by atoms with Crippen LogP contribution < -0.4 is 15.4 Å². The summed E-state index contributed by atoms with van der Waals surface area (Å²) in [6.07, 6.45) is -4.80. The smallest absolute Gasteiger partial charge is 0.405 e. The maximum absolute atomic E-state index is 12.4. The van der Waals surface area contributed by atoms with E-state index in [9.17, 15) is 22.8 Å². The predicted octanol–water partition coefficient (Wildman–Crippen LogP) is 1.66. The number of likely N-dealkylation sites (N-methyl/N-ethyl adjacent to an activating group) is 2. The van der Waals surface area contributed by atoms with Crippen LogP contribution >= 0.6 is 0 Å². The van der Waals surface area contributed by atoms with Gasteiger partial charge in [-0.2, -0.15) is 0 Å². The zero-order chi connectivity index (χ0) is 18.9. The van der Waals surface area contributed by atoms with Gasteiger partial charge in [0, 0.05) is 18.7 Å². The van der Waals surface area contributed by atoms with Crippen LogP contribution in [0.4, 0.5) is 13.2 Å². The molecular weight excluding hydrogens is 339 g/mol. The largest absolute Gasteiger partial charge is 0.573 e.